The molecule has 126 valence electrons. The molecule has 2 saturated heterocycles. The van der Waals surface area contributed by atoms with Crippen molar-refractivity contribution in [1.29, 1.82) is 0 Å². The van der Waals surface area contributed by atoms with Crippen LogP contribution in [0.1, 0.15) is 48.8 Å². The Morgan fingerprint density at radius 2 is 1.92 bits per heavy atom. The summed E-state index contributed by atoms with van der Waals surface area (Å²) in [5.74, 6) is 0.129. The summed E-state index contributed by atoms with van der Waals surface area (Å²) in [5.41, 5.74) is 4.80. The molecule has 1 aliphatic carbocycles. The highest BCUT2D eigenvalue weighted by atomic mass is 16.3. The summed E-state index contributed by atoms with van der Waals surface area (Å²) >= 11 is 0. The summed E-state index contributed by atoms with van der Waals surface area (Å²) in [7, 11) is 0. The van der Waals surface area contributed by atoms with Crippen LogP contribution in [0, 0.1) is 0 Å². The highest BCUT2D eigenvalue weighted by molar-refractivity contribution is 5.88. The number of hydrogen-bond donors (Lipinski definition) is 2. The Balaban J connectivity index is 1.30. The van der Waals surface area contributed by atoms with E-state index in [9.17, 15) is 4.79 Å². The van der Waals surface area contributed by atoms with Crippen molar-refractivity contribution < 1.29 is 9.21 Å². The first-order valence-electron chi connectivity index (χ1n) is 9.32. The number of carbonyl (C=O) groups excluding carboxylic acids is 1. The lowest BCUT2D eigenvalue weighted by molar-refractivity contribution is -0.121. The molecule has 2 unspecified atom stereocenters. The molecule has 0 radical (unpaired) electrons. The Labute approximate surface area is 142 Å². The lowest BCUT2D eigenvalue weighted by atomic mass is 9.99. The number of rotatable bonds is 3. The van der Waals surface area contributed by atoms with Crippen molar-refractivity contribution in [3.8, 4) is 0 Å². The molecule has 0 spiro atoms. The first kappa shape index (κ1) is 14.5. The molecule has 2 N–H and O–H groups in total. The van der Waals surface area contributed by atoms with Gasteiger partial charge in [0.25, 0.3) is 0 Å². The van der Waals surface area contributed by atoms with Crippen molar-refractivity contribution in [2.45, 2.75) is 69.5 Å². The second-order valence-electron chi connectivity index (χ2n) is 7.78. The third-order valence-corrected chi connectivity index (χ3v) is 6.06. The number of fused-ring (bicyclic) bond motifs is 4. The molecule has 24 heavy (non-hydrogen) atoms. The molecule has 5 rings (SSSR count). The van der Waals surface area contributed by atoms with Gasteiger partial charge in [-0.1, -0.05) is 0 Å². The molecule has 2 bridgehead atoms. The summed E-state index contributed by atoms with van der Waals surface area (Å²) in [6, 6.07) is 5.95. The average molecular weight is 324 g/mol. The van der Waals surface area contributed by atoms with E-state index in [1.807, 2.05) is 0 Å². The topological polar surface area (TPSA) is 54.3 Å². The fraction of sp³-hybridized carbons (Fsp3) is 0.550. The standard InChI is InChI=1S/C20H24N2O2/c23-20(22-17-9-15-4-5-16(10-17)21-15)8-14-11-24-19-7-13-3-1-2-12(13)6-18(14)19/h6-7,11,15-17,21H,1-5,8-10H2,(H,22,23). The van der Waals surface area contributed by atoms with Crippen LogP contribution in [0.3, 0.4) is 0 Å². The van der Waals surface area contributed by atoms with E-state index < -0.39 is 0 Å². The second-order valence-corrected chi connectivity index (χ2v) is 7.78. The second kappa shape index (κ2) is 5.62. The van der Waals surface area contributed by atoms with Crippen molar-refractivity contribution in [2.24, 2.45) is 0 Å². The highest BCUT2D eigenvalue weighted by Gasteiger charge is 2.34. The number of aryl methyl sites for hydroxylation is 2. The van der Waals surface area contributed by atoms with Gasteiger partial charge in [-0.25, -0.2) is 0 Å². The van der Waals surface area contributed by atoms with E-state index in [0.717, 1.165) is 42.2 Å². The van der Waals surface area contributed by atoms with Crippen LogP contribution in [0.4, 0.5) is 0 Å². The third-order valence-electron chi connectivity index (χ3n) is 6.06. The van der Waals surface area contributed by atoms with Crippen molar-refractivity contribution in [1.82, 2.24) is 10.6 Å². The Bertz CT molecular complexity index is 782. The van der Waals surface area contributed by atoms with E-state index in [2.05, 4.69) is 22.8 Å². The number of benzene rings is 1. The SMILES string of the molecule is O=C(Cc1coc2cc3c(cc12)CCC3)NC1CC2CCC(C1)N2. The Morgan fingerprint density at radius 3 is 2.71 bits per heavy atom. The van der Waals surface area contributed by atoms with Crippen molar-refractivity contribution in [3.05, 3.63) is 35.1 Å². The summed E-state index contributed by atoms with van der Waals surface area (Å²) in [5, 5.41) is 8.00. The first-order valence-corrected chi connectivity index (χ1v) is 9.32. The van der Waals surface area contributed by atoms with Crippen LogP contribution in [0.2, 0.25) is 0 Å². The monoisotopic (exact) mass is 324 g/mol. The predicted molar refractivity (Wildman–Crippen MR) is 93.1 cm³/mol. The van der Waals surface area contributed by atoms with Crippen molar-refractivity contribution in [3.63, 3.8) is 0 Å². The van der Waals surface area contributed by atoms with Gasteiger partial charge in [0.1, 0.15) is 5.58 Å². The normalized spacial score (nSPS) is 28.2. The van der Waals surface area contributed by atoms with Gasteiger partial charge in [-0.3, -0.25) is 4.79 Å². The Hall–Kier alpha value is -1.81. The number of carbonyl (C=O) groups is 1. The zero-order valence-electron chi connectivity index (χ0n) is 13.9. The maximum atomic E-state index is 12.5. The van der Waals surface area contributed by atoms with Crippen LogP contribution in [0.5, 0.6) is 0 Å². The predicted octanol–water partition coefficient (Wildman–Crippen LogP) is 2.86. The zero-order valence-corrected chi connectivity index (χ0v) is 13.9. The zero-order chi connectivity index (χ0) is 16.1. The summed E-state index contributed by atoms with van der Waals surface area (Å²) in [6.07, 6.45) is 10.4. The lowest BCUT2D eigenvalue weighted by Crippen LogP contribution is -2.48. The quantitative estimate of drug-likeness (QED) is 0.913. The smallest absolute Gasteiger partial charge is 0.224 e. The minimum atomic E-state index is 0.129. The minimum Gasteiger partial charge on any atom is -0.464 e. The summed E-state index contributed by atoms with van der Waals surface area (Å²) in [6.45, 7) is 0. The highest BCUT2D eigenvalue weighted by Crippen LogP contribution is 2.31. The molecule has 2 fully saturated rings. The van der Waals surface area contributed by atoms with Crippen LogP contribution in [-0.2, 0) is 24.1 Å². The van der Waals surface area contributed by atoms with Gasteiger partial charge >= 0.3 is 0 Å². The van der Waals surface area contributed by atoms with E-state index >= 15 is 0 Å². The first-order chi connectivity index (χ1) is 11.7. The molecule has 1 amide bonds. The van der Waals surface area contributed by atoms with E-state index in [1.165, 1.54) is 30.4 Å². The van der Waals surface area contributed by atoms with Gasteiger partial charge in [-0.05, 0) is 68.2 Å². The molecule has 4 nitrogen and oxygen atoms in total. The number of furan rings is 1. The molecule has 2 aromatic rings. The largest absolute Gasteiger partial charge is 0.464 e. The third kappa shape index (κ3) is 2.53. The molecule has 3 aliphatic rings. The van der Waals surface area contributed by atoms with E-state index in [0.29, 0.717) is 24.5 Å². The maximum absolute atomic E-state index is 12.5. The van der Waals surface area contributed by atoms with Gasteiger partial charge in [-0.2, -0.15) is 0 Å². The molecule has 3 heterocycles. The van der Waals surface area contributed by atoms with Crippen molar-refractivity contribution in [2.75, 3.05) is 0 Å². The summed E-state index contributed by atoms with van der Waals surface area (Å²) < 4.78 is 5.72. The van der Waals surface area contributed by atoms with E-state index in [4.69, 9.17) is 4.42 Å². The fourth-order valence-electron chi connectivity index (χ4n) is 4.91. The molecule has 2 atom stereocenters. The molecule has 1 aromatic heterocycles. The maximum Gasteiger partial charge on any atom is 0.224 e. The van der Waals surface area contributed by atoms with Gasteiger partial charge in [0, 0.05) is 29.1 Å². The number of piperidine rings is 1. The van der Waals surface area contributed by atoms with Gasteiger partial charge < -0.3 is 15.1 Å². The Morgan fingerprint density at radius 1 is 1.17 bits per heavy atom. The van der Waals surface area contributed by atoms with Crippen molar-refractivity contribution >= 4 is 16.9 Å². The lowest BCUT2D eigenvalue weighted by Gasteiger charge is -2.29. The number of hydrogen-bond acceptors (Lipinski definition) is 3. The summed E-state index contributed by atoms with van der Waals surface area (Å²) in [4.78, 5) is 12.5. The Kier molecular flexibility index (Phi) is 3.40. The van der Waals surface area contributed by atoms with Crippen LogP contribution >= 0.6 is 0 Å². The van der Waals surface area contributed by atoms with Gasteiger partial charge in [-0.15, -0.1) is 0 Å². The van der Waals surface area contributed by atoms with E-state index in [1.54, 1.807) is 6.26 Å². The van der Waals surface area contributed by atoms with Crippen LogP contribution in [0.25, 0.3) is 11.0 Å². The van der Waals surface area contributed by atoms with Gasteiger partial charge in [0.15, 0.2) is 0 Å². The minimum absolute atomic E-state index is 0.129. The number of amides is 1. The number of nitrogens with one attached hydrogen (secondary N) is 2. The fourth-order valence-corrected chi connectivity index (χ4v) is 4.91. The van der Waals surface area contributed by atoms with Crippen LogP contribution in [0.15, 0.2) is 22.8 Å². The average Bonchev–Trinajstić information content (AvgIpc) is 3.25. The van der Waals surface area contributed by atoms with Crippen LogP contribution < -0.4 is 10.6 Å². The molecule has 2 aliphatic heterocycles. The van der Waals surface area contributed by atoms with Gasteiger partial charge in [0.2, 0.25) is 5.91 Å². The van der Waals surface area contributed by atoms with Crippen LogP contribution in [-0.4, -0.2) is 24.0 Å². The molecule has 4 heteroatoms. The molecular formula is C20H24N2O2. The van der Waals surface area contributed by atoms with Gasteiger partial charge in [0.05, 0.1) is 12.7 Å². The van der Waals surface area contributed by atoms with E-state index in [-0.39, 0.29) is 5.91 Å². The molecule has 0 saturated carbocycles. The molecule has 1 aromatic carbocycles. The molecular weight excluding hydrogens is 300 g/mol.